The van der Waals surface area contributed by atoms with Crippen LogP contribution in [0.15, 0.2) is 72.8 Å². The van der Waals surface area contributed by atoms with Crippen LogP contribution < -0.4 is 30.7 Å². The number of rotatable bonds is 9. The number of hydrogen-bond acceptors (Lipinski definition) is 4. The van der Waals surface area contributed by atoms with Gasteiger partial charge in [-0.05, 0) is 129 Å². The molecule has 0 radical (unpaired) electrons. The van der Waals surface area contributed by atoms with Gasteiger partial charge in [-0.3, -0.25) is 0 Å². The molecule has 0 heterocycles. The second-order valence-electron chi connectivity index (χ2n) is 11.7. The number of carbonyl (C=O) groups is 1. The fourth-order valence-electron chi connectivity index (χ4n) is 6.97. The van der Waals surface area contributed by atoms with Crippen LogP contribution in [0, 0.1) is 30.8 Å². The molecular weight excluding hydrogens is 644 g/mol. The monoisotopic (exact) mass is 677 g/mol. The van der Waals surface area contributed by atoms with Gasteiger partial charge in [0.15, 0.2) is 13.7 Å². The summed E-state index contributed by atoms with van der Waals surface area (Å²) in [6.07, 6.45) is 1.81. The average molecular weight is 678 g/mol. The number of alkyl halides is 3. The van der Waals surface area contributed by atoms with Gasteiger partial charge in [0.1, 0.15) is 23.7 Å². The highest BCUT2D eigenvalue weighted by Crippen LogP contribution is 2.59. The lowest BCUT2D eigenvalue weighted by Crippen LogP contribution is -3.61. The molecule has 0 atom stereocenters. The van der Waals surface area contributed by atoms with Gasteiger partial charge >= 0.3 is 33.4 Å². The maximum atomic E-state index is 12.8. The Morgan fingerprint density at radius 1 is 0.780 bits per heavy atom. The topological polar surface area (TPSA) is 44.8 Å². The largest absolute Gasteiger partial charge is 0.489 e. The van der Waals surface area contributed by atoms with Crippen molar-refractivity contribution in [2.75, 3.05) is 6.61 Å². The van der Waals surface area contributed by atoms with E-state index in [1.54, 1.807) is 12.1 Å². The molecular formula is C33H33F3IO4+. The molecule has 216 valence electrons. The van der Waals surface area contributed by atoms with Crippen molar-refractivity contribution in [1.82, 2.24) is 0 Å². The SMILES string of the molecule is CC1(OC(=O)COc2ccc(COc3ccc([I+]c4ccc(C(F)(F)F)cc4)cc3)cc2)C2CC3CC(C2)CC1C3. The smallest absolute Gasteiger partial charge is 0.416 e. The van der Waals surface area contributed by atoms with E-state index in [1.165, 1.54) is 32.1 Å². The van der Waals surface area contributed by atoms with Crippen LogP contribution in [0.25, 0.3) is 0 Å². The zero-order chi connectivity index (χ0) is 28.6. The molecule has 0 aliphatic heterocycles. The molecule has 0 saturated heterocycles. The highest BCUT2D eigenvalue weighted by Gasteiger charge is 2.57. The molecule has 0 spiro atoms. The molecule has 3 aromatic carbocycles. The van der Waals surface area contributed by atoms with E-state index >= 15 is 0 Å². The number of benzene rings is 3. The first-order valence-electron chi connectivity index (χ1n) is 14.1. The van der Waals surface area contributed by atoms with Crippen LogP contribution in [-0.2, 0) is 22.3 Å². The maximum absolute atomic E-state index is 12.8. The highest BCUT2D eigenvalue weighted by molar-refractivity contribution is 5.71. The summed E-state index contributed by atoms with van der Waals surface area (Å²) < 4.78 is 58.0. The second-order valence-corrected chi connectivity index (χ2v) is 14.8. The Kier molecular flexibility index (Phi) is 7.96. The molecule has 0 aromatic heterocycles. The van der Waals surface area contributed by atoms with Crippen LogP contribution in [0.3, 0.4) is 0 Å². The van der Waals surface area contributed by atoms with Gasteiger partial charge < -0.3 is 14.2 Å². The molecule has 4 aliphatic carbocycles. The number of esters is 1. The molecule has 4 bridgehead atoms. The van der Waals surface area contributed by atoms with Crippen LogP contribution in [0.2, 0.25) is 0 Å². The van der Waals surface area contributed by atoms with Crippen LogP contribution >= 0.6 is 0 Å². The minimum absolute atomic E-state index is 0.0980. The van der Waals surface area contributed by atoms with Crippen LogP contribution in [-0.4, -0.2) is 18.2 Å². The minimum Gasteiger partial charge on any atom is -0.489 e. The number of hydrogen-bond donors (Lipinski definition) is 0. The third kappa shape index (κ3) is 6.52. The highest BCUT2D eigenvalue weighted by atomic mass is 127. The van der Waals surface area contributed by atoms with E-state index in [4.69, 9.17) is 14.2 Å². The molecule has 4 saturated carbocycles. The Bertz CT molecular complexity index is 1330. The van der Waals surface area contributed by atoms with Crippen molar-refractivity contribution in [3.63, 3.8) is 0 Å². The molecule has 8 heteroatoms. The quantitative estimate of drug-likeness (QED) is 0.247. The van der Waals surface area contributed by atoms with E-state index < -0.39 is 32.9 Å². The summed E-state index contributed by atoms with van der Waals surface area (Å²) in [5.74, 6) is 3.65. The van der Waals surface area contributed by atoms with Crippen molar-refractivity contribution < 1.29 is 53.4 Å². The van der Waals surface area contributed by atoms with E-state index in [-0.39, 0.29) is 18.2 Å². The summed E-state index contributed by atoms with van der Waals surface area (Å²) in [4.78, 5) is 12.7. The van der Waals surface area contributed by atoms with Crippen LogP contribution in [0.1, 0.15) is 50.2 Å². The molecule has 4 aliphatic rings. The zero-order valence-electron chi connectivity index (χ0n) is 22.8. The summed E-state index contributed by atoms with van der Waals surface area (Å²) >= 11 is -0.582. The van der Waals surface area contributed by atoms with E-state index in [1.807, 2.05) is 48.5 Å². The van der Waals surface area contributed by atoms with Gasteiger partial charge in [0.2, 0.25) is 0 Å². The average Bonchev–Trinajstić information content (AvgIpc) is 2.95. The van der Waals surface area contributed by atoms with Crippen molar-refractivity contribution in [3.05, 3.63) is 91.1 Å². The molecule has 3 aromatic rings. The molecule has 7 rings (SSSR count). The van der Waals surface area contributed by atoms with Crippen molar-refractivity contribution in [2.24, 2.45) is 23.7 Å². The summed E-state index contributed by atoms with van der Waals surface area (Å²) in [6, 6.07) is 20.5. The van der Waals surface area contributed by atoms with Crippen LogP contribution in [0.5, 0.6) is 11.5 Å². The lowest BCUT2D eigenvalue weighted by atomic mass is 9.50. The van der Waals surface area contributed by atoms with Crippen molar-refractivity contribution >= 4 is 5.97 Å². The van der Waals surface area contributed by atoms with Gasteiger partial charge in [0.25, 0.3) is 0 Å². The third-order valence-electron chi connectivity index (χ3n) is 8.98. The Morgan fingerprint density at radius 3 is 1.85 bits per heavy atom. The molecule has 0 unspecified atom stereocenters. The van der Waals surface area contributed by atoms with E-state index in [0.717, 1.165) is 36.7 Å². The van der Waals surface area contributed by atoms with E-state index in [2.05, 4.69) is 6.92 Å². The molecule has 41 heavy (non-hydrogen) atoms. The first-order valence-corrected chi connectivity index (χ1v) is 16.3. The Hall–Kier alpha value is -2.75. The summed E-state index contributed by atoms with van der Waals surface area (Å²) in [6.45, 7) is 2.42. The normalized spacial score (nSPS) is 26.5. The standard InChI is InChI=1S/C33H33F3IO4/c1-32(25-15-22-14-23(17-25)18-26(32)16-22)41-31(38)20-40-29-10-2-21(3-11-29)19-39-30-12-8-28(9-13-30)37-27-6-4-24(5-7-27)33(34,35)36/h2-13,22-23,25-26H,14-20H2,1H3/q+1. The van der Waals surface area contributed by atoms with Crippen molar-refractivity contribution in [1.29, 1.82) is 0 Å². The number of halogens is 4. The van der Waals surface area contributed by atoms with Gasteiger partial charge in [-0.1, -0.05) is 12.1 Å². The zero-order valence-corrected chi connectivity index (χ0v) is 25.0. The van der Waals surface area contributed by atoms with Gasteiger partial charge in [-0.25, -0.2) is 4.79 Å². The third-order valence-corrected chi connectivity index (χ3v) is 11.7. The summed E-state index contributed by atoms with van der Waals surface area (Å²) in [7, 11) is 0. The van der Waals surface area contributed by atoms with Gasteiger partial charge in [0, 0.05) is 0 Å². The Labute approximate surface area is 248 Å². The first kappa shape index (κ1) is 28.4. The number of ether oxygens (including phenoxy) is 3. The molecule has 0 amide bonds. The van der Waals surface area contributed by atoms with Gasteiger partial charge in [-0.2, -0.15) is 13.2 Å². The van der Waals surface area contributed by atoms with E-state index in [9.17, 15) is 18.0 Å². The Balaban J connectivity index is 0.947. The van der Waals surface area contributed by atoms with Crippen molar-refractivity contribution in [2.45, 2.75) is 57.4 Å². The predicted molar refractivity (Wildman–Crippen MR) is 143 cm³/mol. The van der Waals surface area contributed by atoms with Crippen LogP contribution in [0.4, 0.5) is 13.2 Å². The molecule has 0 N–H and O–H groups in total. The minimum atomic E-state index is -4.32. The first-order chi connectivity index (χ1) is 19.6. The lowest BCUT2D eigenvalue weighted by molar-refractivity contribution is -0.597. The van der Waals surface area contributed by atoms with E-state index in [0.29, 0.717) is 29.9 Å². The summed E-state index contributed by atoms with van der Waals surface area (Å²) in [5, 5.41) is 0. The van der Waals surface area contributed by atoms with Crippen molar-refractivity contribution in [3.8, 4) is 11.5 Å². The number of carbonyl (C=O) groups excluding carboxylic acids is 1. The van der Waals surface area contributed by atoms with Gasteiger partial charge in [0.05, 0.1) is 5.56 Å². The summed E-state index contributed by atoms with van der Waals surface area (Å²) in [5.41, 5.74) is -0.0163. The molecule has 4 nitrogen and oxygen atoms in total. The molecule has 4 fully saturated rings. The predicted octanol–water partition coefficient (Wildman–Crippen LogP) is 4.55. The second kappa shape index (κ2) is 11.5. The lowest BCUT2D eigenvalue weighted by Gasteiger charge is -2.59. The van der Waals surface area contributed by atoms with Gasteiger partial charge in [-0.15, -0.1) is 0 Å². The fourth-order valence-corrected chi connectivity index (χ4v) is 9.13. The maximum Gasteiger partial charge on any atom is 0.416 e. The Morgan fingerprint density at radius 2 is 1.29 bits per heavy atom. The fraction of sp³-hybridized carbons (Fsp3) is 0.424.